The predicted octanol–water partition coefficient (Wildman–Crippen LogP) is 7.14. The number of imide groups is 1. The third kappa shape index (κ3) is 6.40. The number of aryl methyl sites for hydroxylation is 2. The van der Waals surface area contributed by atoms with E-state index in [1.54, 1.807) is 18.2 Å². The van der Waals surface area contributed by atoms with Gasteiger partial charge in [-0.2, -0.15) is 13.2 Å². The van der Waals surface area contributed by atoms with Crippen molar-refractivity contribution >= 4 is 34.7 Å². The molecule has 4 rings (SSSR count). The van der Waals surface area contributed by atoms with Gasteiger partial charge in [-0.1, -0.05) is 30.3 Å². The fraction of sp³-hybridized carbons (Fsp3) is 0.185. The zero-order valence-corrected chi connectivity index (χ0v) is 21.5. The zero-order valence-electron chi connectivity index (χ0n) is 20.7. The topological polar surface area (TPSA) is 99.0 Å². The first-order valence-electron chi connectivity index (χ1n) is 11.5. The van der Waals surface area contributed by atoms with Gasteiger partial charge in [-0.25, -0.2) is 0 Å². The first-order chi connectivity index (χ1) is 18.4. The summed E-state index contributed by atoms with van der Waals surface area (Å²) in [5, 5.41) is 10.9. The summed E-state index contributed by atoms with van der Waals surface area (Å²) in [6.45, 7) is 3.92. The minimum absolute atomic E-state index is 0.0191. The molecule has 1 heterocycles. The maximum atomic E-state index is 13.0. The molecule has 0 spiro atoms. The molecule has 0 bridgehead atoms. The molecular formula is C27H21F3N2O6S. The van der Waals surface area contributed by atoms with Gasteiger partial charge in [-0.3, -0.25) is 24.6 Å². The molecule has 0 saturated carbocycles. The number of nitrogens with zero attached hydrogens (tertiary/aromatic N) is 2. The molecule has 0 aliphatic carbocycles. The summed E-state index contributed by atoms with van der Waals surface area (Å²) in [5.74, 6) is -0.262. The monoisotopic (exact) mass is 558 g/mol. The Labute approximate surface area is 225 Å². The Balaban J connectivity index is 1.52. The van der Waals surface area contributed by atoms with E-state index in [2.05, 4.69) is 0 Å². The minimum atomic E-state index is -4.77. The number of alkyl halides is 3. The van der Waals surface area contributed by atoms with Crippen molar-refractivity contribution < 1.29 is 37.2 Å². The lowest BCUT2D eigenvalue weighted by Crippen LogP contribution is -2.32. The van der Waals surface area contributed by atoms with Gasteiger partial charge >= 0.3 is 11.9 Å². The lowest BCUT2D eigenvalue weighted by Gasteiger charge is -2.14. The van der Waals surface area contributed by atoms with Gasteiger partial charge in [0.1, 0.15) is 18.1 Å². The van der Waals surface area contributed by atoms with Crippen LogP contribution in [0.1, 0.15) is 22.3 Å². The summed E-state index contributed by atoms with van der Waals surface area (Å²) >= 11 is 0.710. The number of carbonyl (C=O) groups is 2. The highest BCUT2D eigenvalue weighted by Crippen LogP contribution is 2.40. The van der Waals surface area contributed by atoms with E-state index in [-0.39, 0.29) is 23.8 Å². The molecule has 3 aromatic rings. The number of nitro groups is 1. The number of thioether (sulfide) groups is 1. The Morgan fingerprint density at radius 3 is 2.46 bits per heavy atom. The van der Waals surface area contributed by atoms with Gasteiger partial charge in [0, 0.05) is 11.6 Å². The van der Waals surface area contributed by atoms with Crippen LogP contribution in [0.3, 0.4) is 0 Å². The van der Waals surface area contributed by atoms with Crippen molar-refractivity contribution in [3.8, 4) is 17.2 Å². The summed E-state index contributed by atoms with van der Waals surface area (Å²) in [4.78, 5) is 37.1. The van der Waals surface area contributed by atoms with Crippen molar-refractivity contribution in [1.82, 2.24) is 4.90 Å². The number of ether oxygens (including phenoxy) is 2. The van der Waals surface area contributed by atoms with E-state index in [0.29, 0.717) is 35.2 Å². The maximum Gasteiger partial charge on any atom is 0.416 e. The van der Waals surface area contributed by atoms with Crippen LogP contribution in [0.25, 0.3) is 6.08 Å². The largest absolute Gasteiger partial charge is 0.491 e. The quantitative estimate of drug-likeness (QED) is 0.165. The Bertz CT molecular complexity index is 1490. The second-order valence-electron chi connectivity index (χ2n) is 8.53. The number of para-hydroxylation sites is 1. The summed E-state index contributed by atoms with van der Waals surface area (Å²) < 4.78 is 50.5. The van der Waals surface area contributed by atoms with Crippen LogP contribution >= 0.6 is 11.8 Å². The highest BCUT2D eigenvalue weighted by atomic mass is 32.2. The molecule has 202 valence electrons. The van der Waals surface area contributed by atoms with Crippen LogP contribution in [0.5, 0.6) is 17.2 Å². The molecular weight excluding hydrogens is 537 g/mol. The van der Waals surface area contributed by atoms with Crippen molar-refractivity contribution in [2.45, 2.75) is 20.0 Å². The van der Waals surface area contributed by atoms with Crippen LogP contribution in [0.4, 0.5) is 23.7 Å². The summed E-state index contributed by atoms with van der Waals surface area (Å²) in [5.41, 5.74) is 0.157. The molecule has 39 heavy (non-hydrogen) atoms. The average molecular weight is 559 g/mol. The Hall–Kier alpha value is -4.32. The van der Waals surface area contributed by atoms with Crippen molar-refractivity contribution in [3.05, 3.63) is 97.9 Å². The van der Waals surface area contributed by atoms with Gasteiger partial charge < -0.3 is 9.47 Å². The van der Waals surface area contributed by atoms with E-state index in [4.69, 9.17) is 9.47 Å². The number of nitro benzene ring substituents is 1. The van der Waals surface area contributed by atoms with Crippen LogP contribution in [0.2, 0.25) is 0 Å². The highest BCUT2D eigenvalue weighted by molar-refractivity contribution is 8.18. The van der Waals surface area contributed by atoms with Crippen molar-refractivity contribution in [2.75, 3.05) is 13.2 Å². The van der Waals surface area contributed by atoms with Gasteiger partial charge in [-0.15, -0.1) is 0 Å². The molecule has 1 aliphatic heterocycles. The Kier molecular flexibility index (Phi) is 7.95. The third-order valence-electron chi connectivity index (χ3n) is 5.70. The SMILES string of the molecule is Cc1ccc(C)c(OCCN2C(=O)S/C(=C\c3ccccc3Oc3ccc(C(F)(F)F)cc3[N+](=O)[O-])C2=O)c1. The van der Waals surface area contributed by atoms with E-state index in [0.717, 1.165) is 22.1 Å². The van der Waals surface area contributed by atoms with Crippen LogP contribution in [-0.4, -0.2) is 34.1 Å². The number of amides is 2. The van der Waals surface area contributed by atoms with Crippen molar-refractivity contribution in [3.63, 3.8) is 0 Å². The first-order valence-corrected chi connectivity index (χ1v) is 12.3. The molecule has 12 heteroatoms. The Morgan fingerprint density at radius 2 is 1.74 bits per heavy atom. The molecule has 0 N–H and O–H groups in total. The second-order valence-corrected chi connectivity index (χ2v) is 9.52. The minimum Gasteiger partial charge on any atom is -0.491 e. The first kappa shape index (κ1) is 27.7. The van der Waals surface area contributed by atoms with Gasteiger partial charge in [0.15, 0.2) is 0 Å². The number of halogens is 3. The molecule has 1 saturated heterocycles. The summed E-state index contributed by atoms with van der Waals surface area (Å²) in [7, 11) is 0. The van der Waals surface area contributed by atoms with Crippen LogP contribution in [0.15, 0.2) is 65.6 Å². The maximum absolute atomic E-state index is 13.0. The molecule has 0 unspecified atom stereocenters. The lowest BCUT2D eigenvalue weighted by atomic mass is 10.1. The predicted molar refractivity (Wildman–Crippen MR) is 139 cm³/mol. The van der Waals surface area contributed by atoms with Gasteiger partial charge in [0.25, 0.3) is 11.1 Å². The fourth-order valence-electron chi connectivity index (χ4n) is 3.68. The number of benzene rings is 3. The molecule has 8 nitrogen and oxygen atoms in total. The third-order valence-corrected chi connectivity index (χ3v) is 6.61. The molecule has 3 aromatic carbocycles. The van der Waals surface area contributed by atoms with Gasteiger partial charge in [0.05, 0.1) is 21.9 Å². The second kappa shape index (κ2) is 11.2. The summed E-state index contributed by atoms with van der Waals surface area (Å²) in [6, 6.07) is 13.8. The van der Waals surface area contributed by atoms with E-state index < -0.39 is 39.2 Å². The fourth-order valence-corrected chi connectivity index (χ4v) is 4.53. The smallest absolute Gasteiger partial charge is 0.416 e. The lowest BCUT2D eigenvalue weighted by molar-refractivity contribution is -0.385. The van der Waals surface area contributed by atoms with Crippen LogP contribution in [0, 0.1) is 24.0 Å². The van der Waals surface area contributed by atoms with E-state index in [1.165, 1.54) is 12.1 Å². The average Bonchev–Trinajstić information content (AvgIpc) is 3.14. The molecule has 2 amide bonds. The highest BCUT2D eigenvalue weighted by Gasteiger charge is 2.36. The molecule has 1 aliphatic rings. The number of carbonyl (C=O) groups excluding carboxylic acids is 2. The Morgan fingerprint density at radius 1 is 1.00 bits per heavy atom. The standard InChI is InChI=1S/C27H21F3N2O6S/c1-16-7-8-17(2)23(13-16)37-12-11-31-25(33)24(39-26(31)34)14-18-5-3-4-6-21(18)38-22-10-9-19(27(28,29)30)15-20(22)32(35)36/h3-10,13-15H,11-12H2,1-2H3/b24-14-. The van der Waals surface area contributed by atoms with E-state index in [1.807, 2.05) is 32.0 Å². The van der Waals surface area contributed by atoms with E-state index >= 15 is 0 Å². The molecule has 1 fully saturated rings. The number of hydrogen-bond acceptors (Lipinski definition) is 7. The zero-order chi connectivity index (χ0) is 28.3. The molecule has 0 atom stereocenters. The van der Waals surface area contributed by atoms with Crippen molar-refractivity contribution in [1.29, 1.82) is 0 Å². The van der Waals surface area contributed by atoms with Crippen LogP contribution < -0.4 is 9.47 Å². The van der Waals surface area contributed by atoms with Crippen LogP contribution in [-0.2, 0) is 11.0 Å². The number of hydrogen-bond donors (Lipinski definition) is 0. The summed E-state index contributed by atoms with van der Waals surface area (Å²) in [6.07, 6.45) is -3.38. The van der Waals surface area contributed by atoms with E-state index in [9.17, 15) is 32.9 Å². The normalized spacial score (nSPS) is 14.7. The van der Waals surface area contributed by atoms with Crippen molar-refractivity contribution in [2.24, 2.45) is 0 Å². The van der Waals surface area contributed by atoms with Gasteiger partial charge in [-0.05, 0) is 67.1 Å². The molecule has 0 aromatic heterocycles. The number of rotatable bonds is 8. The molecule has 0 radical (unpaired) electrons. The van der Waals surface area contributed by atoms with Gasteiger partial charge in [0.2, 0.25) is 5.75 Å².